The Morgan fingerprint density at radius 1 is 1.42 bits per heavy atom. The monoisotopic (exact) mass is 285 g/mol. The van der Waals surface area contributed by atoms with Gasteiger partial charge < -0.3 is 10.8 Å². The summed E-state index contributed by atoms with van der Waals surface area (Å²) in [5.41, 5.74) is 6.18. The van der Waals surface area contributed by atoms with Crippen molar-refractivity contribution in [2.45, 2.75) is 32.2 Å². The predicted octanol–water partition coefficient (Wildman–Crippen LogP) is 1.51. The predicted molar refractivity (Wildman–Crippen MR) is 75.1 cm³/mol. The van der Waals surface area contributed by atoms with Gasteiger partial charge in [0.2, 0.25) is 0 Å². The van der Waals surface area contributed by atoms with Gasteiger partial charge in [-0.05, 0) is 31.9 Å². The molecule has 1 atom stereocenters. The Morgan fingerprint density at radius 2 is 2.16 bits per heavy atom. The van der Waals surface area contributed by atoms with Gasteiger partial charge >= 0.3 is 10.2 Å². The number of anilines is 2. The maximum Gasteiger partial charge on any atom is 0.301 e. The van der Waals surface area contributed by atoms with Crippen LogP contribution in [0.15, 0.2) is 18.2 Å². The van der Waals surface area contributed by atoms with Crippen LogP contribution in [-0.2, 0) is 10.2 Å². The highest BCUT2D eigenvalue weighted by Crippen LogP contribution is 2.27. The quantitative estimate of drug-likeness (QED) is 0.579. The van der Waals surface area contributed by atoms with Crippen molar-refractivity contribution in [3.63, 3.8) is 0 Å². The summed E-state index contributed by atoms with van der Waals surface area (Å²) in [6.45, 7) is 2.42. The highest BCUT2D eigenvalue weighted by Gasteiger charge is 2.29. The third kappa shape index (κ3) is 3.10. The van der Waals surface area contributed by atoms with E-state index >= 15 is 0 Å². The number of nitrogens with two attached hydrogens (primary N) is 1. The molecule has 1 aliphatic heterocycles. The lowest BCUT2D eigenvalue weighted by Crippen LogP contribution is -2.44. The van der Waals surface area contributed by atoms with E-state index < -0.39 is 10.2 Å². The van der Waals surface area contributed by atoms with E-state index in [1.54, 1.807) is 0 Å². The van der Waals surface area contributed by atoms with Gasteiger partial charge in [0.25, 0.3) is 0 Å². The van der Waals surface area contributed by atoms with E-state index in [9.17, 15) is 13.5 Å². The number of nitrogens with zero attached hydrogens (tertiary/aromatic N) is 1. The zero-order valence-electron chi connectivity index (χ0n) is 10.8. The number of rotatable bonds is 3. The van der Waals surface area contributed by atoms with Crippen molar-refractivity contribution in [3.8, 4) is 5.75 Å². The summed E-state index contributed by atoms with van der Waals surface area (Å²) >= 11 is 0. The minimum absolute atomic E-state index is 0.00629. The molecule has 0 aliphatic carbocycles. The number of phenols is 1. The second-order valence-electron chi connectivity index (χ2n) is 4.83. The zero-order valence-corrected chi connectivity index (χ0v) is 11.7. The van der Waals surface area contributed by atoms with Gasteiger partial charge in [0.15, 0.2) is 0 Å². The normalized spacial score (nSPS) is 21.2. The first-order valence-corrected chi connectivity index (χ1v) is 7.72. The summed E-state index contributed by atoms with van der Waals surface area (Å²) in [7, 11) is -3.60. The zero-order chi connectivity index (χ0) is 14.0. The van der Waals surface area contributed by atoms with Crippen molar-refractivity contribution in [1.82, 2.24) is 4.31 Å². The van der Waals surface area contributed by atoms with Gasteiger partial charge in [0.05, 0.1) is 11.4 Å². The van der Waals surface area contributed by atoms with E-state index in [2.05, 4.69) is 4.72 Å². The van der Waals surface area contributed by atoms with Crippen molar-refractivity contribution in [2.24, 2.45) is 0 Å². The molecule has 0 amide bonds. The van der Waals surface area contributed by atoms with Crippen molar-refractivity contribution < 1.29 is 13.5 Å². The lowest BCUT2D eigenvalue weighted by Gasteiger charge is -2.32. The molecule has 1 saturated heterocycles. The molecule has 0 radical (unpaired) electrons. The molecule has 1 fully saturated rings. The third-order valence-electron chi connectivity index (χ3n) is 3.32. The summed E-state index contributed by atoms with van der Waals surface area (Å²) < 4.78 is 28.5. The molecular weight excluding hydrogens is 266 g/mol. The molecule has 2 rings (SSSR count). The smallest absolute Gasteiger partial charge is 0.301 e. The van der Waals surface area contributed by atoms with Gasteiger partial charge in [-0.3, -0.25) is 4.72 Å². The summed E-state index contributed by atoms with van der Waals surface area (Å²) in [4.78, 5) is 0. The van der Waals surface area contributed by atoms with Crippen LogP contribution in [0.25, 0.3) is 0 Å². The molecule has 6 nitrogen and oxygen atoms in total. The van der Waals surface area contributed by atoms with Crippen molar-refractivity contribution >= 4 is 21.6 Å². The van der Waals surface area contributed by atoms with Gasteiger partial charge in [-0.2, -0.15) is 12.7 Å². The lowest BCUT2D eigenvalue weighted by molar-refractivity contribution is 0.270. The molecule has 7 heteroatoms. The average molecular weight is 285 g/mol. The molecule has 1 unspecified atom stereocenters. The third-order valence-corrected chi connectivity index (χ3v) is 4.96. The largest absolute Gasteiger partial charge is 0.508 e. The Kier molecular flexibility index (Phi) is 3.86. The van der Waals surface area contributed by atoms with Crippen LogP contribution in [0.4, 0.5) is 11.4 Å². The van der Waals surface area contributed by atoms with Crippen LogP contribution < -0.4 is 10.5 Å². The van der Waals surface area contributed by atoms with Gasteiger partial charge in [-0.25, -0.2) is 0 Å². The van der Waals surface area contributed by atoms with E-state index in [-0.39, 0.29) is 23.2 Å². The van der Waals surface area contributed by atoms with Crippen LogP contribution >= 0.6 is 0 Å². The first-order valence-electron chi connectivity index (χ1n) is 6.28. The van der Waals surface area contributed by atoms with Crippen LogP contribution in [0.1, 0.15) is 26.2 Å². The molecule has 4 N–H and O–H groups in total. The maximum absolute atomic E-state index is 12.3. The minimum atomic E-state index is -3.60. The van der Waals surface area contributed by atoms with E-state index in [0.29, 0.717) is 6.54 Å². The number of piperidine rings is 1. The highest BCUT2D eigenvalue weighted by molar-refractivity contribution is 7.90. The van der Waals surface area contributed by atoms with Gasteiger partial charge in [0.1, 0.15) is 5.75 Å². The Balaban J connectivity index is 2.20. The van der Waals surface area contributed by atoms with Crippen molar-refractivity contribution in [2.75, 3.05) is 17.0 Å². The van der Waals surface area contributed by atoms with Crippen LogP contribution in [0.5, 0.6) is 5.75 Å². The number of aromatic hydroxyl groups is 1. The van der Waals surface area contributed by atoms with Crippen LogP contribution in [0.2, 0.25) is 0 Å². The molecule has 106 valence electrons. The number of nitrogens with one attached hydrogen (secondary N) is 1. The number of phenolic OH excluding ortho intramolecular Hbond substituents is 1. The Bertz CT molecular complexity index is 559. The van der Waals surface area contributed by atoms with E-state index in [1.165, 1.54) is 22.5 Å². The minimum Gasteiger partial charge on any atom is -0.508 e. The van der Waals surface area contributed by atoms with Crippen LogP contribution in [0.3, 0.4) is 0 Å². The number of nitrogen functional groups attached to an aromatic ring is 1. The van der Waals surface area contributed by atoms with E-state index in [1.807, 2.05) is 6.92 Å². The molecule has 1 aromatic carbocycles. The SMILES string of the molecule is CC1CCCCN1S(=O)(=O)Nc1ccc(O)cc1N. The Labute approximate surface area is 113 Å². The Morgan fingerprint density at radius 3 is 2.79 bits per heavy atom. The summed E-state index contributed by atoms with van der Waals surface area (Å²) in [5.74, 6) is 0.00629. The first kappa shape index (κ1) is 14.0. The second-order valence-corrected chi connectivity index (χ2v) is 6.46. The molecule has 0 bridgehead atoms. The molecule has 0 spiro atoms. The standard InChI is InChI=1S/C12H19N3O3S/c1-9-4-2-3-7-15(9)19(17,18)14-12-6-5-10(16)8-11(12)13/h5-6,8-9,14,16H,2-4,7,13H2,1H3. The average Bonchev–Trinajstić information content (AvgIpc) is 2.33. The molecular formula is C12H19N3O3S. The van der Waals surface area contributed by atoms with Gasteiger partial charge in [0, 0.05) is 18.7 Å². The van der Waals surface area contributed by atoms with Crippen molar-refractivity contribution in [1.29, 1.82) is 0 Å². The molecule has 1 heterocycles. The van der Waals surface area contributed by atoms with Gasteiger partial charge in [-0.1, -0.05) is 6.42 Å². The highest BCUT2D eigenvalue weighted by atomic mass is 32.2. The van der Waals surface area contributed by atoms with E-state index in [4.69, 9.17) is 5.73 Å². The fourth-order valence-corrected chi connectivity index (χ4v) is 3.80. The fourth-order valence-electron chi connectivity index (χ4n) is 2.27. The lowest BCUT2D eigenvalue weighted by atomic mass is 10.1. The number of benzene rings is 1. The Hall–Kier alpha value is -1.47. The maximum atomic E-state index is 12.3. The number of hydrogen-bond acceptors (Lipinski definition) is 4. The number of hydrogen-bond donors (Lipinski definition) is 3. The van der Waals surface area contributed by atoms with Gasteiger partial charge in [-0.15, -0.1) is 0 Å². The fraction of sp³-hybridized carbons (Fsp3) is 0.500. The van der Waals surface area contributed by atoms with Crippen molar-refractivity contribution in [3.05, 3.63) is 18.2 Å². The van der Waals surface area contributed by atoms with Crippen LogP contribution in [-0.4, -0.2) is 30.4 Å². The molecule has 19 heavy (non-hydrogen) atoms. The topological polar surface area (TPSA) is 95.7 Å². The second kappa shape index (κ2) is 5.26. The first-order chi connectivity index (χ1) is 8.90. The van der Waals surface area contributed by atoms with E-state index in [0.717, 1.165) is 19.3 Å². The van der Waals surface area contributed by atoms with Crippen LogP contribution in [0, 0.1) is 0 Å². The molecule has 0 saturated carbocycles. The molecule has 1 aromatic rings. The summed E-state index contributed by atoms with van der Waals surface area (Å²) in [6, 6.07) is 4.16. The molecule has 1 aliphatic rings. The molecule has 0 aromatic heterocycles. The summed E-state index contributed by atoms with van der Waals surface area (Å²) in [6.07, 6.45) is 2.79. The summed E-state index contributed by atoms with van der Waals surface area (Å²) in [5, 5.41) is 9.26.